The first-order chi connectivity index (χ1) is 17.9. The molecule has 0 saturated carbocycles. The van der Waals surface area contributed by atoms with Gasteiger partial charge in [-0.25, -0.2) is 9.97 Å². The maximum atomic E-state index is 13.3. The summed E-state index contributed by atoms with van der Waals surface area (Å²) in [7, 11) is 1.57. The summed E-state index contributed by atoms with van der Waals surface area (Å²) in [4.78, 5) is 35.7. The molecule has 0 atom stereocenters. The number of rotatable bonds is 8. The molecule has 0 spiro atoms. The summed E-state index contributed by atoms with van der Waals surface area (Å²) in [6.45, 7) is 8.45. The lowest BCUT2D eigenvalue weighted by molar-refractivity contribution is -0.0970. The van der Waals surface area contributed by atoms with Gasteiger partial charge in [0, 0.05) is 41.9 Å². The lowest BCUT2D eigenvalue weighted by Crippen LogP contribution is -2.14. The van der Waals surface area contributed by atoms with E-state index in [1.807, 2.05) is 39.8 Å². The predicted octanol–water partition coefficient (Wildman–Crippen LogP) is 4.17. The number of thiazole rings is 1. The fourth-order valence-corrected chi connectivity index (χ4v) is 4.24. The second-order valence-electron chi connectivity index (χ2n) is 7.77. The maximum absolute atomic E-state index is 13.3. The number of methoxy groups -OCH3 is 1. The maximum Gasteiger partial charge on any atom is 0.259 e. The van der Waals surface area contributed by atoms with Crippen molar-refractivity contribution in [2.45, 2.75) is 34.0 Å². The molecule has 4 aromatic rings. The monoisotopic (exact) mass is 518 g/mol. The fourth-order valence-electron chi connectivity index (χ4n) is 3.45. The van der Waals surface area contributed by atoms with Crippen molar-refractivity contribution in [2.24, 2.45) is 0 Å². The second kappa shape index (κ2) is 11.8. The lowest BCUT2D eigenvalue weighted by Gasteiger charge is -2.13. The molecule has 1 amide bonds. The molecule has 0 aliphatic rings. The molecule has 0 fully saturated rings. The molecule has 1 N–H and O–H groups in total. The topological polar surface area (TPSA) is 121 Å². The third-order valence-corrected chi connectivity index (χ3v) is 5.95. The summed E-state index contributed by atoms with van der Waals surface area (Å²) >= 11 is 1.20. The minimum Gasteiger partial charge on any atom is -0.494 e. The van der Waals surface area contributed by atoms with Crippen LogP contribution in [0.25, 0.3) is 21.6 Å². The van der Waals surface area contributed by atoms with Crippen LogP contribution in [0.2, 0.25) is 0 Å². The number of anilines is 1. The molecular weight excluding hydrogens is 492 g/mol. The first-order valence-corrected chi connectivity index (χ1v) is 12.4. The summed E-state index contributed by atoms with van der Waals surface area (Å²) in [6, 6.07) is 3.72. The van der Waals surface area contributed by atoms with Crippen molar-refractivity contribution in [3.05, 3.63) is 53.4 Å². The van der Waals surface area contributed by atoms with Crippen molar-refractivity contribution in [3.8, 4) is 28.7 Å². The Bertz CT molecular complexity index is 1490. The Morgan fingerprint density at radius 1 is 1.00 bits per heavy atom. The van der Waals surface area contributed by atoms with Crippen molar-refractivity contribution in [3.63, 3.8) is 0 Å². The zero-order chi connectivity index (χ0) is 26.4. The van der Waals surface area contributed by atoms with Crippen LogP contribution in [-0.2, 0) is 9.47 Å². The number of aromatic nitrogens is 5. The highest BCUT2D eigenvalue weighted by Gasteiger charge is 2.19. The summed E-state index contributed by atoms with van der Waals surface area (Å²) in [5.41, 5.74) is 4.22. The number of nitrogens with one attached hydrogen (secondary N) is 1. The van der Waals surface area contributed by atoms with Gasteiger partial charge in [-0.05, 0) is 51.7 Å². The molecule has 4 aromatic heterocycles. The molecule has 0 aliphatic heterocycles. The quantitative estimate of drug-likeness (QED) is 0.270. The number of hydrogen-bond donors (Lipinski definition) is 1. The van der Waals surface area contributed by atoms with E-state index >= 15 is 0 Å². The van der Waals surface area contributed by atoms with Crippen LogP contribution < -0.4 is 10.1 Å². The molecule has 0 aromatic carbocycles. The van der Waals surface area contributed by atoms with Gasteiger partial charge in [0.15, 0.2) is 15.6 Å². The van der Waals surface area contributed by atoms with Crippen LogP contribution in [0.5, 0.6) is 5.75 Å². The Kier molecular flexibility index (Phi) is 8.35. The van der Waals surface area contributed by atoms with E-state index in [9.17, 15) is 4.79 Å². The second-order valence-corrected chi connectivity index (χ2v) is 8.74. The number of pyridine rings is 2. The highest BCUT2D eigenvalue weighted by molar-refractivity contribution is 7.21. The molecular formula is C26H26N6O4S. The summed E-state index contributed by atoms with van der Waals surface area (Å²) in [5.74, 6) is 6.01. The van der Waals surface area contributed by atoms with E-state index < -0.39 is 6.29 Å². The van der Waals surface area contributed by atoms with E-state index in [-0.39, 0.29) is 5.91 Å². The van der Waals surface area contributed by atoms with Gasteiger partial charge < -0.3 is 14.2 Å². The number of carbonyl (C=O) groups is 1. The van der Waals surface area contributed by atoms with Gasteiger partial charge in [0.05, 0.1) is 25.1 Å². The summed E-state index contributed by atoms with van der Waals surface area (Å²) in [6.07, 6.45) is 4.07. The van der Waals surface area contributed by atoms with Crippen LogP contribution in [0.3, 0.4) is 0 Å². The third-order valence-electron chi connectivity index (χ3n) is 5.10. The zero-order valence-electron chi connectivity index (χ0n) is 21.2. The number of ether oxygens (including phenoxy) is 3. The smallest absolute Gasteiger partial charge is 0.259 e. The van der Waals surface area contributed by atoms with Crippen LogP contribution >= 0.6 is 11.3 Å². The molecule has 4 rings (SSSR count). The minimum atomic E-state index is -0.635. The van der Waals surface area contributed by atoms with E-state index in [1.165, 1.54) is 17.5 Å². The number of nitrogens with zero attached hydrogens (tertiary/aromatic N) is 5. The molecule has 0 radical (unpaired) electrons. The number of carbonyl (C=O) groups excluding carboxylic acids is 1. The van der Waals surface area contributed by atoms with Crippen molar-refractivity contribution in [1.82, 2.24) is 24.9 Å². The SMILES string of the molecule is CCOC(C#Cc1cnc2nc(NC(=O)c3cnc(C)cc3-c3cc(C)ncc3OC)sc2n1)OCC. The van der Waals surface area contributed by atoms with Gasteiger partial charge in [0.2, 0.25) is 6.29 Å². The van der Waals surface area contributed by atoms with Crippen molar-refractivity contribution in [1.29, 1.82) is 0 Å². The van der Waals surface area contributed by atoms with Crippen LogP contribution in [0.4, 0.5) is 5.13 Å². The Hall–Kier alpha value is -3.98. The molecule has 10 nitrogen and oxygen atoms in total. The number of fused-ring (bicyclic) bond motifs is 1. The highest BCUT2D eigenvalue weighted by atomic mass is 32.1. The molecule has 0 saturated heterocycles. The van der Waals surface area contributed by atoms with E-state index in [4.69, 9.17) is 14.2 Å². The van der Waals surface area contributed by atoms with Gasteiger partial charge in [-0.1, -0.05) is 11.3 Å². The third kappa shape index (κ3) is 6.24. The first-order valence-electron chi connectivity index (χ1n) is 11.6. The van der Waals surface area contributed by atoms with Crippen LogP contribution in [0, 0.1) is 25.7 Å². The minimum absolute atomic E-state index is 0.357. The van der Waals surface area contributed by atoms with Crippen molar-refractivity contribution in [2.75, 3.05) is 25.6 Å². The Morgan fingerprint density at radius 2 is 1.70 bits per heavy atom. The molecule has 0 aliphatic carbocycles. The largest absolute Gasteiger partial charge is 0.494 e. The number of aryl methyl sites for hydroxylation is 2. The van der Waals surface area contributed by atoms with Crippen LogP contribution in [-0.4, -0.2) is 57.4 Å². The van der Waals surface area contributed by atoms with E-state index in [2.05, 4.69) is 42.1 Å². The Labute approximate surface area is 218 Å². The fraction of sp³-hybridized carbons (Fsp3) is 0.308. The molecule has 37 heavy (non-hydrogen) atoms. The molecule has 0 bridgehead atoms. The molecule has 11 heteroatoms. The highest BCUT2D eigenvalue weighted by Crippen LogP contribution is 2.33. The normalized spacial score (nSPS) is 10.9. The zero-order valence-corrected chi connectivity index (χ0v) is 22.0. The summed E-state index contributed by atoms with van der Waals surface area (Å²) in [5, 5.41) is 3.21. The van der Waals surface area contributed by atoms with Crippen LogP contribution in [0.1, 0.15) is 41.3 Å². The van der Waals surface area contributed by atoms with E-state index in [0.717, 1.165) is 17.0 Å². The van der Waals surface area contributed by atoms with Gasteiger partial charge in [-0.15, -0.1) is 0 Å². The van der Waals surface area contributed by atoms with Gasteiger partial charge in [0.25, 0.3) is 5.91 Å². The summed E-state index contributed by atoms with van der Waals surface area (Å²) < 4.78 is 16.4. The van der Waals surface area contributed by atoms with E-state index in [1.54, 1.807) is 19.5 Å². The molecule has 0 unspecified atom stereocenters. The average Bonchev–Trinajstić information content (AvgIpc) is 3.28. The van der Waals surface area contributed by atoms with Gasteiger partial charge in [0.1, 0.15) is 11.4 Å². The predicted molar refractivity (Wildman–Crippen MR) is 141 cm³/mol. The molecule has 4 heterocycles. The van der Waals surface area contributed by atoms with Gasteiger partial charge in [-0.2, -0.15) is 4.98 Å². The first kappa shape index (κ1) is 26.1. The Morgan fingerprint density at radius 3 is 2.41 bits per heavy atom. The van der Waals surface area contributed by atoms with E-state index in [0.29, 0.717) is 51.4 Å². The number of amides is 1. The van der Waals surface area contributed by atoms with Crippen molar-refractivity contribution < 1.29 is 19.0 Å². The van der Waals surface area contributed by atoms with Gasteiger partial charge in [-0.3, -0.25) is 20.1 Å². The number of hydrogen-bond acceptors (Lipinski definition) is 10. The molecule has 190 valence electrons. The Balaban J connectivity index is 1.61. The van der Waals surface area contributed by atoms with Crippen molar-refractivity contribution >= 4 is 32.9 Å². The lowest BCUT2D eigenvalue weighted by atomic mass is 9.99. The average molecular weight is 519 g/mol. The van der Waals surface area contributed by atoms with Gasteiger partial charge >= 0.3 is 0 Å². The van der Waals surface area contributed by atoms with Crippen LogP contribution in [0.15, 0.2) is 30.7 Å². The standard InChI is InChI=1S/C26H26N6O4S/c1-6-35-22(36-7-2)9-8-17-12-29-23-25(30-17)37-26(31-23)32-24(33)20-13-27-15(3)10-18(20)19-11-16(4)28-14-21(19)34-5/h10-14,22H,6-7H2,1-5H3,(H,29,31,32,33).